The molecule has 0 heterocycles. The number of hydrogen-bond donors (Lipinski definition) is 7. The monoisotopic (exact) mass is 500 g/mol. The van der Waals surface area contributed by atoms with Crippen LogP contribution in [0.15, 0.2) is 0 Å². The molecule has 0 aromatic carbocycles. The second kappa shape index (κ2) is 18.1. The first-order valence-corrected chi connectivity index (χ1v) is 12.7. The van der Waals surface area contributed by atoms with E-state index in [0.29, 0.717) is 51.6 Å². The summed E-state index contributed by atoms with van der Waals surface area (Å²) in [6.45, 7) is 8.51. The predicted molar refractivity (Wildman–Crippen MR) is 136 cm³/mol. The van der Waals surface area contributed by atoms with Crippen LogP contribution in [-0.4, -0.2) is 66.1 Å². The maximum absolute atomic E-state index is 13.1. The summed E-state index contributed by atoms with van der Waals surface area (Å²) < 4.78 is 0. The molecule has 0 saturated heterocycles. The van der Waals surface area contributed by atoms with E-state index in [2.05, 4.69) is 16.0 Å². The largest absolute Gasteiger partial charge is 0.480 e. The lowest BCUT2D eigenvalue weighted by Gasteiger charge is -2.26. The van der Waals surface area contributed by atoms with E-state index in [0.717, 1.165) is 6.42 Å². The van der Waals surface area contributed by atoms with Crippen LogP contribution in [0.25, 0.3) is 0 Å². The minimum absolute atomic E-state index is 0.0568. The summed E-state index contributed by atoms with van der Waals surface area (Å²) in [6, 6.07) is -3.65. The molecule has 0 spiro atoms. The quantitative estimate of drug-likeness (QED) is 0.122. The Kier molecular flexibility index (Phi) is 16.9. The Labute approximate surface area is 209 Å². The zero-order chi connectivity index (χ0) is 27.0. The Bertz CT molecular complexity index is 658. The number of amides is 3. The van der Waals surface area contributed by atoms with E-state index in [9.17, 15) is 24.3 Å². The number of nitrogens with two attached hydrogens (primary N) is 3. The van der Waals surface area contributed by atoms with Gasteiger partial charge in [-0.1, -0.05) is 34.1 Å². The van der Waals surface area contributed by atoms with E-state index in [1.807, 2.05) is 27.7 Å². The molecule has 3 amide bonds. The van der Waals surface area contributed by atoms with E-state index in [4.69, 9.17) is 17.2 Å². The van der Waals surface area contributed by atoms with Gasteiger partial charge in [0.15, 0.2) is 0 Å². The number of carboxylic acids is 1. The van der Waals surface area contributed by atoms with Crippen molar-refractivity contribution < 1.29 is 24.3 Å². The molecular weight excluding hydrogens is 452 g/mol. The molecular formula is C24H48N6O5. The Morgan fingerprint density at radius 2 is 1.09 bits per heavy atom. The second-order valence-corrected chi connectivity index (χ2v) is 9.96. The zero-order valence-corrected chi connectivity index (χ0v) is 21.8. The summed E-state index contributed by atoms with van der Waals surface area (Å²) in [6.07, 6.45) is 4.05. The number of aliphatic carboxylic acids is 1. The lowest BCUT2D eigenvalue weighted by atomic mass is 10.00. The molecule has 4 unspecified atom stereocenters. The minimum Gasteiger partial charge on any atom is -0.480 e. The van der Waals surface area contributed by atoms with Crippen LogP contribution < -0.4 is 33.2 Å². The molecule has 0 saturated carbocycles. The van der Waals surface area contributed by atoms with Crippen LogP contribution >= 0.6 is 0 Å². The molecule has 0 bridgehead atoms. The van der Waals surface area contributed by atoms with Crippen LogP contribution in [-0.2, 0) is 19.2 Å². The third kappa shape index (κ3) is 14.7. The average molecular weight is 501 g/mol. The van der Waals surface area contributed by atoms with Gasteiger partial charge in [-0.05, 0) is 69.9 Å². The highest BCUT2D eigenvalue weighted by Crippen LogP contribution is 2.10. The summed E-state index contributed by atoms with van der Waals surface area (Å²) >= 11 is 0. The summed E-state index contributed by atoms with van der Waals surface area (Å²) in [5, 5.41) is 17.5. The van der Waals surface area contributed by atoms with Gasteiger partial charge in [-0.15, -0.1) is 0 Å². The lowest BCUT2D eigenvalue weighted by Crippen LogP contribution is -2.57. The van der Waals surface area contributed by atoms with Crippen molar-refractivity contribution >= 4 is 23.7 Å². The van der Waals surface area contributed by atoms with E-state index in [1.165, 1.54) is 0 Å². The van der Waals surface area contributed by atoms with Crippen molar-refractivity contribution in [3.05, 3.63) is 0 Å². The fraction of sp³-hybridized carbons (Fsp3) is 0.833. The van der Waals surface area contributed by atoms with Crippen molar-refractivity contribution in [3.63, 3.8) is 0 Å². The molecule has 0 rings (SSSR count). The summed E-state index contributed by atoms with van der Waals surface area (Å²) in [7, 11) is 0. The smallest absolute Gasteiger partial charge is 0.326 e. The first-order valence-electron chi connectivity index (χ1n) is 12.7. The van der Waals surface area contributed by atoms with Crippen molar-refractivity contribution in [2.75, 3.05) is 13.1 Å². The van der Waals surface area contributed by atoms with Crippen LogP contribution in [0, 0.1) is 11.8 Å². The molecule has 0 aliphatic rings. The molecule has 0 aromatic rings. The molecule has 11 nitrogen and oxygen atoms in total. The molecule has 0 aliphatic heterocycles. The molecule has 35 heavy (non-hydrogen) atoms. The topological polar surface area (TPSA) is 203 Å². The minimum atomic E-state index is -1.13. The number of rotatable bonds is 19. The molecule has 0 fully saturated rings. The molecule has 4 atom stereocenters. The van der Waals surface area contributed by atoms with Gasteiger partial charge in [-0.3, -0.25) is 14.4 Å². The first-order chi connectivity index (χ1) is 16.4. The van der Waals surface area contributed by atoms with Gasteiger partial charge in [0.2, 0.25) is 17.7 Å². The molecule has 204 valence electrons. The van der Waals surface area contributed by atoms with Crippen LogP contribution in [0.5, 0.6) is 0 Å². The van der Waals surface area contributed by atoms with Crippen molar-refractivity contribution in [3.8, 4) is 0 Å². The Morgan fingerprint density at radius 3 is 1.57 bits per heavy atom. The van der Waals surface area contributed by atoms with Gasteiger partial charge in [0, 0.05) is 0 Å². The second-order valence-electron chi connectivity index (χ2n) is 9.96. The summed E-state index contributed by atoms with van der Waals surface area (Å²) in [4.78, 5) is 50.3. The number of carbonyl (C=O) groups is 4. The molecule has 10 N–H and O–H groups in total. The van der Waals surface area contributed by atoms with E-state index in [1.54, 1.807) is 0 Å². The number of carbonyl (C=O) groups excluding carboxylic acids is 3. The van der Waals surface area contributed by atoms with Crippen molar-refractivity contribution in [1.82, 2.24) is 16.0 Å². The van der Waals surface area contributed by atoms with E-state index in [-0.39, 0.29) is 18.3 Å². The Hall–Kier alpha value is -2.24. The highest BCUT2D eigenvalue weighted by molar-refractivity contribution is 5.94. The summed E-state index contributed by atoms with van der Waals surface area (Å²) in [5.41, 5.74) is 17.0. The van der Waals surface area contributed by atoms with Crippen LogP contribution in [0.4, 0.5) is 0 Å². The number of hydrogen-bond acceptors (Lipinski definition) is 7. The van der Waals surface area contributed by atoms with E-state index < -0.39 is 47.9 Å². The number of carboxylic acid groups (broad SMARTS) is 1. The average Bonchev–Trinajstić information content (AvgIpc) is 2.76. The normalized spacial score (nSPS) is 14.8. The van der Waals surface area contributed by atoms with Gasteiger partial charge in [0.05, 0.1) is 6.04 Å². The van der Waals surface area contributed by atoms with E-state index >= 15 is 0 Å². The summed E-state index contributed by atoms with van der Waals surface area (Å²) in [5.74, 6) is -2.50. The maximum Gasteiger partial charge on any atom is 0.326 e. The third-order valence-electron chi connectivity index (χ3n) is 5.55. The standard InChI is InChI=1S/C24H48N6O5/c1-15(2)13-19(29-21(31)17(27)9-5-7-11-25)23(33)28-18(10-6-8-12-26)22(32)30-20(24(34)35)14-16(3)4/h15-20H,5-14,25-27H2,1-4H3,(H,28,33)(H,29,31)(H,30,32)(H,34,35). The number of unbranched alkanes of at least 4 members (excludes halogenated alkanes) is 2. The fourth-order valence-electron chi connectivity index (χ4n) is 3.62. The molecule has 0 aromatic heterocycles. The highest BCUT2D eigenvalue weighted by atomic mass is 16.4. The Morgan fingerprint density at radius 1 is 0.657 bits per heavy atom. The zero-order valence-electron chi connectivity index (χ0n) is 21.8. The molecule has 0 aliphatic carbocycles. The predicted octanol–water partition coefficient (Wildman–Crippen LogP) is 0.203. The van der Waals surface area contributed by atoms with Crippen LogP contribution in [0.3, 0.4) is 0 Å². The van der Waals surface area contributed by atoms with Crippen LogP contribution in [0.2, 0.25) is 0 Å². The maximum atomic E-state index is 13.1. The fourth-order valence-corrected chi connectivity index (χ4v) is 3.62. The lowest BCUT2D eigenvalue weighted by molar-refractivity contribution is -0.142. The first kappa shape index (κ1) is 32.8. The number of nitrogens with one attached hydrogen (secondary N) is 3. The van der Waals surface area contributed by atoms with Crippen molar-refractivity contribution in [1.29, 1.82) is 0 Å². The molecule has 11 heteroatoms. The van der Waals surface area contributed by atoms with Gasteiger partial charge in [0.25, 0.3) is 0 Å². The van der Waals surface area contributed by atoms with Gasteiger partial charge < -0.3 is 38.3 Å². The van der Waals surface area contributed by atoms with Crippen molar-refractivity contribution in [2.45, 2.75) is 103 Å². The third-order valence-corrected chi connectivity index (χ3v) is 5.55. The van der Waals surface area contributed by atoms with Crippen molar-refractivity contribution in [2.24, 2.45) is 29.0 Å². The van der Waals surface area contributed by atoms with Crippen LogP contribution in [0.1, 0.15) is 79.1 Å². The Balaban J connectivity index is 5.44. The highest BCUT2D eigenvalue weighted by Gasteiger charge is 2.30. The SMILES string of the molecule is CC(C)CC(NC(=O)C(CCCCN)NC(=O)C(CC(C)C)NC(=O)C(N)CCCCN)C(=O)O. The molecule has 0 radical (unpaired) electrons. The van der Waals surface area contributed by atoms with Gasteiger partial charge in [-0.2, -0.15) is 0 Å². The van der Waals surface area contributed by atoms with Gasteiger partial charge in [0.1, 0.15) is 18.1 Å². The van der Waals surface area contributed by atoms with Gasteiger partial charge >= 0.3 is 5.97 Å². The van der Waals surface area contributed by atoms with Gasteiger partial charge in [-0.25, -0.2) is 4.79 Å².